The maximum Gasteiger partial charge on any atom is 0.330 e. The molecule has 0 aromatic carbocycles. The van der Waals surface area contributed by atoms with E-state index in [0.29, 0.717) is 17.1 Å². The van der Waals surface area contributed by atoms with Gasteiger partial charge < -0.3 is 10.2 Å². The lowest BCUT2D eigenvalue weighted by atomic mass is 9.88. The van der Waals surface area contributed by atoms with Crippen LogP contribution in [-0.2, 0) is 9.59 Å². The highest BCUT2D eigenvalue weighted by molar-refractivity contribution is 5.86. The molecule has 174 valence electrons. The van der Waals surface area contributed by atoms with E-state index in [1.165, 1.54) is 89.9 Å². The minimum atomic E-state index is -0.790. The Morgan fingerprint density at radius 2 is 1.20 bits per heavy atom. The van der Waals surface area contributed by atoms with Crippen molar-refractivity contribution in [1.29, 1.82) is 0 Å². The van der Waals surface area contributed by atoms with Gasteiger partial charge in [-0.25, -0.2) is 9.59 Å². The smallest absolute Gasteiger partial charge is 0.330 e. The Labute approximate surface area is 184 Å². The number of unbranched alkanes of at least 4 members (excludes halogenated alkanes) is 10. The van der Waals surface area contributed by atoms with Gasteiger partial charge in [0, 0.05) is 11.1 Å². The Balaban J connectivity index is 0.000000604. The molecule has 0 aromatic heterocycles. The lowest BCUT2D eigenvalue weighted by Gasteiger charge is -2.18. The zero-order chi connectivity index (χ0) is 22.6. The van der Waals surface area contributed by atoms with Crippen LogP contribution in [0.15, 0.2) is 23.3 Å². The molecule has 0 atom stereocenters. The van der Waals surface area contributed by atoms with E-state index >= 15 is 0 Å². The third-order valence-electron chi connectivity index (χ3n) is 5.82. The molecule has 0 saturated heterocycles. The van der Waals surface area contributed by atoms with Crippen LogP contribution in [0.5, 0.6) is 0 Å². The minimum Gasteiger partial charge on any atom is -0.478 e. The van der Waals surface area contributed by atoms with Gasteiger partial charge in [0.15, 0.2) is 0 Å². The van der Waals surface area contributed by atoms with Gasteiger partial charge >= 0.3 is 11.9 Å². The van der Waals surface area contributed by atoms with Crippen molar-refractivity contribution in [2.45, 2.75) is 124 Å². The van der Waals surface area contributed by atoms with Crippen LogP contribution in [0.3, 0.4) is 0 Å². The Morgan fingerprint density at radius 3 is 1.67 bits per heavy atom. The fourth-order valence-corrected chi connectivity index (χ4v) is 3.76. The highest BCUT2D eigenvalue weighted by atomic mass is 16.4. The van der Waals surface area contributed by atoms with Gasteiger partial charge in [0.05, 0.1) is 0 Å². The molecule has 1 saturated carbocycles. The van der Waals surface area contributed by atoms with Crippen LogP contribution in [0, 0.1) is 5.92 Å². The summed E-state index contributed by atoms with van der Waals surface area (Å²) in [5.74, 6) is -1.04. The maximum atomic E-state index is 10.5. The van der Waals surface area contributed by atoms with E-state index in [4.69, 9.17) is 10.2 Å². The normalized spacial score (nSPS) is 15.4. The number of hydrogen-bond acceptors (Lipinski definition) is 2. The fraction of sp³-hybridized carbons (Fsp3) is 0.769. The lowest BCUT2D eigenvalue weighted by Crippen LogP contribution is -2.06. The summed E-state index contributed by atoms with van der Waals surface area (Å²) in [4.78, 5) is 21.0. The second-order valence-electron chi connectivity index (χ2n) is 8.72. The van der Waals surface area contributed by atoms with Crippen molar-refractivity contribution in [3.05, 3.63) is 23.3 Å². The molecule has 0 aliphatic heterocycles. The first-order valence-corrected chi connectivity index (χ1v) is 12.2. The molecule has 1 fully saturated rings. The molecule has 4 heteroatoms. The van der Waals surface area contributed by atoms with E-state index in [-0.39, 0.29) is 0 Å². The molecule has 1 aliphatic carbocycles. The van der Waals surface area contributed by atoms with Crippen molar-refractivity contribution in [3.63, 3.8) is 0 Å². The molecule has 0 radical (unpaired) electrons. The van der Waals surface area contributed by atoms with Gasteiger partial charge in [0.2, 0.25) is 0 Å². The summed E-state index contributed by atoms with van der Waals surface area (Å²) in [5, 5.41) is 17.3. The number of carboxylic acid groups (broad SMARTS) is 2. The summed E-state index contributed by atoms with van der Waals surface area (Å²) in [6.07, 6.45) is 24.1. The zero-order valence-corrected chi connectivity index (χ0v) is 19.8. The van der Waals surface area contributed by atoms with Gasteiger partial charge in [-0.05, 0) is 45.4 Å². The number of hydrogen-bond donors (Lipinski definition) is 2. The summed E-state index contributed by atoms with van der Waals surface area (Å²) < 4.78 is 0. The number of carbonyl (C=O) groups is 2. The lowest BCUT2D eigenvalue weighted by molar-refractivity contribution is -0.133. The molecule has 30 heavy (non-hydrogen) atoms. The molecule has 2 N–H and O–H groups in total. The molecule has 0 heterocycles. The largest absolute Gasteiger partial charge is 0.478 e. The third-order valence-corrected chi connectivity index (χ3v) is 5.82. The van der Waals surface area contributed by atoms with Crippen LogP contribution >= 0.6 is 0 Å². The van der Waals surface area contributed by atoms with Gasteiger partial charge in [-0.15, -0.1) is 0 Å². The Morgan fingerprint density at radius 1 is 0.733 bits per heavy atom. The van der Waals surface area contributed by atoms with Gasteiger partial charge in [-0.1, -0.05) is 96.1 Å². The molecule has 0 aromatic rings. The summed E-state index contributed by atoms with van der Waals surface area (Å²) >= 11 is 0. The van der Waals surface area contributed by atoms with Gasteiger partial charge in [-0.3, -0.25) is 0 Å². The zero-order valence-electron chi connectivity index (χ0n) is 19.8. The topological polar surface area (TPSA) is 74.6 Å². The van der Waals surface area contributed by atoms with Crippen molar-refractivity contribution >= 4 is 11.9 Å². The average molecular weight is 423 g/mol. The van der Waals surface area contributed by atoms with Gasteiger partial charge in [0.1, 0.15) is 0 Å². The van der Waals surface area contributed by atoms with Crippen molar-refractivity contribution in [1.82, 2.24) is 0 Å². The third kappa shape index (κ3) is 17.3. The van der Waals surface area contributed by atoms with Crippen LogP contribution < -0.4 is 0 Å². The van der Waals surface area contributed by atoms with Gasteiger partial charge in [-0.2, -0.15) is 0 Å². The van der Waals surface area contributed by atoms with Crippen LogP contribution in [0.25, 0.3) is 0 Å². The van der Waals surface area contributed by atoms with Crippen LogP contribution in [0.1, 0.15) is 124 Å². The monoisotopic (exact) mass is 422 g/mol. The van der Waals surface area contributed by atoms with E-state index < -0.39 is 11.9 Å². The van der Waals surface area contributed by atoms with Crippen molar-refractivity contribution in [2.24, 2.45) is 5.92 Å². The Bertz CT molecular complexity index is 513. The molecule has 0 bridgehead atoms. The predicted molar refractivity (Wildman–Crippen MR) is 126 cm³/mol. The highest BCUT2D eigenvalue weighted by Crippen LogP contribution is 2.25. The summed E-state index contributed by atoms with van der Waals surface area (Å²) in [6, 6.07) is 0. The number of aliphatic carboxylic acids is 2. The molecule has 1 aliphatic rings. The van der Waals surface area contributed by atoms with Gasteiger partial charge in [0.25, 0.3) is 0 Å². The summed E-state index contributed by atoms with van der Waals surface area (Å²) in [5.41, 5.74) is 0.979. The maximum absolute atomic E-state index is 10.5. The standard InChI is InChI=1S/C16H30O2.C10H16O2/c1-3-4-5-6-7-8-9-10-11-12-13-14-15(2)16(17)18;1-8(10(11)12)7-9-5-3-2-4-6-9/h14H,3-13H2,1-2H3,(H,17,18);7,9H,2-6H2,1H3,(H,11,12). The van der Waals surface area contributed by atoms with Crippen LogP contribution in [-0.4, -0.2) is 22.2 Å². The Hall–Kier alpha value is -1.58. The number of carboxylic acids is 2. The number of allylic oxidation sites excluding steroid dienone is 2. The first-order chi connectivity index (χ1) is 14.4. The second-order valence-corrected chi connectivity index (χ2v) is 8.72. The first kappa shape index (κ1) is 28.4. The Kier molecular flexibility index (Phi) is 18.4. The minimum absolute atomic E-state index is 0.478. The molecular formula is C26H46O4. The summed E-state index contributed by atoms with van der Waals surface area (Å²) in [6.45, 7) is 5.59. The molecule has 4 nitrogen and oxygen atoms in total. The SMILES string of the molecule is CC(=CC1CCCCC1)C(=O)O.CCCCCCCCCCCCC=C(C)C(=O)O. The molecule has 1 rings (SSSR count). The predicted octanol–water partition coefficient (Wildman–Crippen LogP) is 7.93. The van der Waals surface area contributed by atoms with E-state index in [0.717, 1.165) is 12.8 Å². The van der Waals surface area contributed by atoms with Crippen LogP contribution in [0.4, 0.5) is 0 Å². The first-order valence-electron chi connectivity index (χ1n) is 12.2. The van der Waals surface area contributed by atoms with E-state index in [1.807, 2.05) is 12.2 Å². The summed E-state index contributed by atoms with van der Waals surface area (Å²) in [7, 11) is 0. The molecule has 0 amide bonds. The van der Waals surface area contributed by atoms with E-state index in [9.17, 15) is 9.59 Å². The molecule has 0 unspecified atom stereocenters. The van der Waals surface area contributed by atoms with Crippen molar-refractivity contribution < 1.29 is 19.8 Å². The van der Waals surface area contributed by atoms with E-state index in [1.54, 1.807) is 13.8 Å². The molecule has 0 spiro atoms. The van der Waals surface area contributed by atoms with Crippen molar-refractivity contribution in [2.75, 3.05) is 0 Å². The fourth-order valence-electron chi connectivity index (χ4n) is 3.76. The van der Waals surface area contributed by atoms with Crippen LogP contribution in [0.2, 0.25) is 0 Å². The number of rotatable bonds is 14. The van der Waals surface area contributed by atoms with Crippen molar-refractivity contribution in [3.8, 4) is 0 Å². The quantitative estimate of drug-likeness (QED) is 0.220. The highest BCUT2D eigenvalue weighted by Gasteiger charge is 2.12. The average Bonchev–Trinajstić information content (AvgIpc) is 2.73. The molecular weight excluding hydrogens is 376 g/mol. The van der Waals surface area contributed by atoms with E-state index in [2.05, 4.69) is 6.92 Å². The second kappa shape index (κ2) is 19.4.